The average Bonchev–Trinajstić information content (AvgIpc) is 2.81. The normalized spacial score (nSPS) is 14.8. The first-order valence-electron chi connectivity index (χ1n) is 13.1. The molecule has 0 saturated carbocycles. The predicted octanol–water partition coefficient (Wildman–Crippen LogP) is 5.92. The number of rotatable bonds is 9. The van der Waals surface area contributed by atoms with Gasteiger partial charge in [-0.15, -0.1) is 4.99 Å². The Morgan fingerprint density at radius 2 is 1.61 bits per heavy atom. The van der Waals surface area contributed by atoms with Crippen molar-refractivity contribution in [3.63, 3.8) is 0 Å². The molecule has 0 bridgehead atoms. The van der Waals surface area contributed by atoms with Crippen LogP contribution in [0.3, 0.4) is 0 Å². The fourth-order valence-electron chi connectivity index (χ4n) is 3.38. The molecule has 0 fully saturated rings. The Kier molecular flexibility index (Phi) is 12.0. The molecule has 11 nitrogen and oxygen atoms in total. The summed E-state index contributed by atoms with van der Waals surface area (Å²) in [7, 11) is -3.83. The maximum atomic E-state index is 12.9. The molecule has 1 aromatic rings. The van der Waals surface area contributed by atoms with E-state index >= 15 is 0 Å². The van der Waals surface area contributed by atoms with Gasteiger partial charge in [0.25, 0.3) is 10.1 Å². The van der Waals surface area contributed by atoms with E-state index in [1.54, 1.807) is 59.8 Å². The monoisotopic (exact) mass is 657 g/mol. The maximum Gasteiger partial charge on any atom is 0.437 e. The lowest BCUT2D eigenvalue weighted by molar-refractivity contribution is 0.0377. The van der Waals surface area contributed by atoms with Gasteiger partial charge >= 0.3 is 12.2 Å². The molecule has 0 heterocycles. The third-order valence-electron chi connectivity index (χ3n) is 5.23. The molecule has 2 amide bonds. The summed E-state index contributed by atoms with van der Waals surface area (Å²) in [4.78, 5) is 30.1. The Morgan fingerprint density at radius 1 is 1.00 bits per heavy atom. The number of carbonyl (C=O) groups excluding carboxylic acids is 2. The second-order valence-corrected chi connectivity index (χ2v) is 13.9. The van der Waals surface area contributed by atoms with Crippen LogP contribution in [0.4, 0.5) is 9.59 Å². The summed E-state index contributed by atoms with van der Waals surface area (Å²) in [6, 6.07) is 6.44. The van der Waals surface area contributed by atoms with E-state index in [4.69, 9.17) is 24.1 Å². The van der Waals surface area contributed by atoms with E-state index in [9.17, 15) is 18.0 Å². The van der Waals surface area contributed by atoms with Crippen LogP contribution in [0, 0.1) is 6.92 Å². The van der Waals surface area contributed by atoms with Crippen molar-refractivity contribution in [3.05, 3.63) is 51.7 Å². The van der Waals surface area contributed by atoms with Gasteiger partial charge in [-0.1, -0.05) is 17.7 Å². The molecular formula is C28H40BrN3O8S. The van der Waals surface area contributed by atoms with Gasteiger partial charge in [-0.25, -0.2) is 14.5 Å². The first-order chi connectivity index (χ1) is 18.9. The third-order valence-corrected chi connectivity index (χ3v) is 7.23. The fraction of sp³-hybridized carbons (Fsp3) is 0.536. The number of halogens is 1. The second kappa shape index (κ2) is 14.3. The van der Waals surface area contributed by atoms with Gasteiger partial charge in [0.1, 0.15) is 17.0 Å². The molecule has 0 aromatic heterocycles. The summed E-state index contributed by atoms with van der Waals surface area (Å²) in [6.45, 7) is 12.4. The number of ether oxygens (including phenoxy) is 3. The zero-order valence-corrected chi connectivity index (χ0v) is 27.1. The highest BCUT2D eigenvalue weighted by molar-refractivity contribution is 9.11. The lowest BCUT2D eigenvalue weighted by Crippen LogP contribution is -2.46. The molecule has 228 valence electrons. The Hall–Kier alpha value is -2.90. The quantitative estimate of drug-likeness (QED) is 0.148. The Morgan fingerprint density at radius 3 is 2.17 bits per heavy atom. The van der Waals surface area contributed by atoms with Crippen LogP contribution in [0.2, 0.25) is 0 Å². The van der Waals surface area contributed by atoms with E-state index in [0.717, 1.165) is 16.0 Å². The predicted molar refractivity (Wildman–Crippen MR) is 159 cm³/mol. The minimum atomic E-state index is -3.83. The maximum absolute atomic E-state index is 12.9. The van der Waals surface area contributed by atoms with Gasteiger partial charge < -0.3 is 19.9 Å². The largest absolute Gasteiger partial charge is 0.497 e. The van der Waals surface area contributed by atoms with E-state index in [-0.39, 0.29) is 30.6 Å². The number of aryl methyl sites for hydroxylation is 1. The molecule has 0 spiro atoms. The summed E-state index contributed by atoms with van der Waals surface area (Å²) in [6.07, 6.45) is 1.52. The number of allylic oxidation sites excluding steroid dienone is 3. The highest BCUT2D eigenvalue weighted by Gasteiger charge is 2.28. The minimum Gasteiger partial charge on any atom is -0.497 e. The standard InChI is InChI=1S/C28H40BrN3O8S/c1-19-9-12-21(13-10-19)41(35,36)38-16-8-15-37-23-14-11-20(17-22(23)29)18-32(26(34)40-28(5,6)7)24(30)31-25(33)39-27(2,3)4/h9-10,12-13,17H,8,11,14-16,18H2,1-7H3,(H2,30,31,33). The lowest BCUT2D eigenvalue weighted by Gasteiger charge is -2.28. The van der Waals surface area contributed by atoms with Gasteiger partial charge in [0, 0.05) is 12.8 Å². The van der Waals surface area contributed by atoms with Crippen LogP contribution in [0.25, 0.3) is 0 Å². The van der Waals surface area contributed by atoms with E-state index in [2.05, 4.69) is 20.9 Å². The van der Waals surface area contributed by atoms with E-state index in [1.165, 1.54) is 12.1 Å². The van der Waals surface area contributed by atoms with Crippen LogP contribution in [-0.2, 0) is 28.5 Å². The van der Waals surface area contributed by atoms with Gasteiger partial charge in [0.2, 0.25) is 5.96 Å². The Balaban J connectivity index is 2.02. The summed E-state index contributed by atoms with van der Waals surface area (Å²) < 4.78 is 46.9. The van der Waals surface area contributed by atoms with Crippen molar-refractivity contribution >= 4 is 44.2 Å². The van der Waals surface area contributed by atoms with Crippen LogP contribution < -0.4 is 5.73 Å². The Bertz CT molecular complexity index is 1290. The fourth-order valence-corrected chi connectivity index (χ4v) is 4.96. The van der Waals surface area contributed by atoms with Crippen molar-refractivity contribution in [2.24, 2.45) is 10.7 Å². The topological polar surface area (TPSA) is 147 Å². The third kappa shape index (κ3) is 12.2. The van der Waals surface area contributed by atoms with Gasteiger partial charge in [-0.2, -0.15) is 8.42 Å². The van der Waals surface area contributed by atoms with Gasteiger partial charge in [-0.3, -0.25) is 4.18 Å². The summed E-state index contributed by atoms with van der Waals surface area (Å²) >= 11 is 3.50. The van der Waals surface area contributed by atoms with Crippen molar-refractivity contribution in [3.8, 4) is 0 Å². The number of nitrogens with zero attached hydrogens (tertiary/aromatic N) is 2. The molecular weight excluding hydrogens is 618 g/mol. The van der Waals surface area contributed by atoms with Crippen LogP contribution in [0.5, 0.6) is 0 Å². The van der Waals surface area contributed by atoms with Crippen LogP contribution in [0.1, 0.15) is 66.4 Å². The van der Waals surface area contributed by atoms with Crippen LogP contribution in [0.15, 0.2) is 56.0 Å². The van der Waals surface area contributed by atoms with Gasteiger partial charge in [-0.05, 0) is 94.6 Å². The van der Waals surface area contributed by atoms with Crippen molar-refractivity contribution in [2.45, 2.75) is 83.8 Å². The number of aliphatic imine (C=N–C) groups is 1. The number of guanidine groups is 1. The van der Waals surface area contributed by atoms with Crippen LogP contribution in [-0.4, -0.2) is 62.4 Å². The number of nitrogens with two attached hydrogens (primary N) is 1. The zero-order chi connectivity index (χ0) is 31.0. The van der Waals surface area contributed by atoms with E-state index < -0.39 is 33.5 Å². The molecule has 1 aromatic carbocycles. The lowest BCUT2D eigenvalue weighted by atomic mass is 10.0. The average molecular weight is 659 g/mol. The molecule has 2 N–H and O–H groups in total. The van der Waals surface area contributed by atoms with Gasteiger partial charge in [0.05, 0.1) is 29.1 Å². The molecule has 0 radical (unpaired) electrons. The first kappa shape index (κ1) is 34.3. The highest BCUT2D eigenvalue weighted by Crippen LogP contribution is 2.29. The molecule has 2 rings (SSSR count). The number of hydrogen-bond acceptors (Lipinski definition) is 8. The van der Waals surface area contributed by atoms with Crippen molar-refractivity contribution in [2.75, 3.05) is 19.8 Å². The highest BCUT2D eigenvalue weighted by atomic mass is 79.9. The number of amides is 2. The summed E-state index contributed by atoms with van der Waals surface area (Å²) in [5.41, 5.74) is 6.23. The SMILES string of the molecule is Cc1ccc(S(=O)(=O)OCCCOC2=C(Br)C=C(CN(C(=O)OC(C)(C)C)/C(N)=N\C(=O)OC(C)(C)C)CC2)cc1. The van der Waals surface area contributed by atoms with Gasteiger partial charge in [0.15, 0.2) is 0 Å². The van der Waals surface area contributed by atoms with Crippen molar-refractivity contribution in [1.82, 2.24) is 4.90 Å². The molecule has 0 aliphatic heterocycles. The van der Waals surface area contributed by atoms with Crippen molar-refractivity contribution < 1.29 is 36.4 Å². The molecule has 1 aliphatic rings. The van der Waals surface area contributed by atoms with E-state index in [0.29, 0.717) is 29.5 Å². The molecule has 41 heavy (non-hydrogen) atoms. The number of carbonyl (C=O) groups is 2. The smallest absolute Gasteiger partial charge is 0.437 e. The second-order valence-electron chi connectivity index (χ2n) is 11.4. The molecule has 1 aliphatic carbocycles. The summed E-state index contributed by atoms with van der Waals surface area (Å²) in [5, 5.41) is 0. The number of hydrogen-bond donors (Lipinski definition) is 1. The van der Waals surface area contributed by atoms with Crippen LogP contribution >= 0.6 is 15.9 Å². The van der Waals surface area contributed by atoms with Crippen molar-refractivity contribution in [1.29, 1.82) is 0 Å². The number of benzene rings is 1. The molecule has 0 unspecified atom stereocenters. The minimum absolute atomic E-state index is 0.0245. The summed E-state index contributed by atoms with van der Waals surface area (Å²) in [5.74, 6) is 0.325. The molecule has 13 heteroatoms. The molecule has 0 atom stereocenters. The zero-order valence-electron chi connectivity index (χ0n) is 24.7. The Labute approximate surface area is 251 Å². The van der Waals surface area contributed by atoms with E-state index in [1.807, 2.05) is 6.92 Å². The molecule has 0 saturated heterocycles. The first-order valence-corrected chi connectivity index (χ1v) is 15.3.